The van der Waals surface area contributed by atoms with Gasteiger partial charge in [-0.2, -0.15) is 0 Å². The number of rotatable bonds is 4. The molecule has 7 heteroatoms. The summed E-state index contributed by atoms with van der Waals surface area (Å²) in [5.74, 6) is -0.386. The topological polar surface area (TPSA) is 89.3 Å². The monoisotopic (exact) mass is 318 g/mol. The van der Waals surface area contributed by atoms with E-state index in [-0.39, 0.29) is 21.4 Å². The Balaban J connectivity index is 3.28. The van der Waals surface area contributed by atoms with Crippen molar-refractivity contribution in [3.05, 3.63) is 28.3 Å². The SMILES string of the molecule is CCC(C)(C)NC(=O)c1cc(Cl)c(C)c(S(N)(=O)=O)c1. The Labute approximate surface area is 124 Å². The molecule has 1 aromatic rings. The second-order valence-corrected chi connectivity index (χ2v) is 7.25. The maximum atomic E-state index is 12.2. The van der Waals surface area contributed by atoms with E-state index < -0.39 is 15.6 Å². The van der Waals surface area contributed by atoms with Gasteiger partial charge in [0.1, 0.15) is 0 Å². The first-order valence-electron chi connectivity index (χ1n) is 6.13. The van der Waals surface area contributed by atoms with Gasteiger partial charge in [0.05, 0.1) is 4.90 Å². The molecule has 0 saturated heterocycles. The van der Waals surface area contributed by atoms with Gasteiger partial charge in [-0.1, -0.05) is 18.5 Å². The first kappa shape index (κ1) is 16.9. The lowest BCUT2D eigenvalue weighted by atomic mass is 10.0. The predicted octanol–water partition coefficient (Wildman–Crippen LogP) is 2.21. The van der Waals surface area contributed by atoms with Crippen molar-refractivity contribution in [1.82, 2.24) is 5.32 Å². The van der Waals surface area contributed by atoms with Crippen LogP contribution in [0.3, 0.4) is 0 Å². The minimum absolute atomic E-state index is 0.135. The molecule has 0 radical (unpaired) electrons. The number of carbonyl (C=O) groups is 1. The fourth-order valence-corrected chi connectivity index (χ4v) is 2.65. The minimum Gasteiger partial charge on any atom is -0.347 e. The summed E-state index contributed by atoms with van der Waals surface area (Å²) in [6, 6.07) is 2.68. The van der Waals surface area contributed by atoms with Gasteiger partial charge in [0.25, 0.3) is 5.91 Å². The van der Waals surface area contributed by atoms with Crippen LogP contribution in [-0.2, 0) is 10.0 Å². The zero-order valence-electron chi connectivity index (χ0n) is 12.0. The molecule has 20 heavy (non-hydrogen) atoms. The molecule has 0 aliphatic carbocycles. The van der Waals surface area contributed by atoms with E-state index in [0.717, 1.165) is 6.42 Å². The van der Waals surface area contributed by atoms with Gasteiger partial charge in [-0.25, -0.2) is 13.6 Å². The van der Waals surface area contributed by atoms with Crippen molar-refractivity contribution in [3.63, 3.8) is 0 Å². The average molecular weight is 319 g/mol. The van der Waals surface area contributed by atoms with Gasteiger partial charge in [-0.15, -0.1) is 0 Å². The van der Waals surface area contributed by atoms with E-state index >= 15 is 0 Å². The van der Waals surface area contributed by atoms with Crippen LogP contribution in [0.15, 0.2) is 17.0 Å². The predicted molar refractivity (Wildman–Crippen MR) is 79.4 cm³/mol. The molecule has 0 unspecified atom stereocenters. The van der Waals surface area contributed by atoms with Gasteiger partial charge in [0.2, 0.25) is 10.0 Å². The molecule has 3 N–H and O–H groups in total. The fourth-order valence-electron chi connectivity index (χ4n) is 1.55. The van der Waals surface area contributed by atoms with E-state index in [1.165, 1.54) is 12.1 Å². The second-order valence-electron chi connectivity index (χ2n) is 5.32. The lowest BCUT2D eigenvalue weighted by Gasteiger charge is -2.24. The van der Waals surface area contributed by atoms with Gasteiger partial charge >= 0.3 is 0 Å². The summed E-state index contributed by atoms with van der Waals surface area (Å²) in [5, 5.41) is 8.14. The van der Waals surface area contributed by atoms with Gasteiger partial charge in [-0.3, -0.25) is 4.79 Å². The van der Waals surface area contributed by atoms with E-state index in [1.807, 2.05) is 20.8 Å². The molecule has 0 aromatic heterocycles. The number of sulfonamides is 1. The summed E-state index contributed by atoms with van der Waals surface area (Å²) in [6.45, 7) is 7.24. The number of benzene rings is 1. The van der Waals surface area contributed by atoms with E-state index in [2.05, 4.69) is 5.32 Å². The molecule has 0 spiro atoms. The molecular formula is C13H19ClN2O3S. The van der Waals surface area contributed by atoms with Crippen LogP contribution in [-0.4, -0.2) is 19.9 Å². The highest BCUT2D eigenvalue weighted by Crippen LogP contribution is 2.25. The van der Waals surface area contributed by atoms with Crippen molar-refractivity contribution in [2.45, 2.75) is 44.6 Å². The lowest BCUT2D eigenvalue weighted by Crippen LogP contribution is -2.42. The van der Waals surface area contributed by atoms with Gasteiger partial charge in [-0.05, 0) is 44.9 Å². The zero-order valence-corrected chi connectivity index (χ0v) is 13.5. The van der Waals surface area contributed by atoms with Gasteiger partial charge in [0.15, 0.2) is 0 Å². The third-order valence-electron chi connectivity index (χ3n) is 3.20. The van der Waals surface area contributed by atoms with Crippen LogP contribution < -0.4 is 10.5 Å². The molecule has 1 amide bonds. The number of carbonyl (C=O) groups excluding carboxylic acids is 1. The summed E-state index contributed by atoms with van der Waals surface area (Å²) >= 11 is 5.97. The van der Waals surface area contributed by atoms with Crippen molar-refractivity contribution in [1.29, 1.82) is 0 Å². The normalized spacial score (nSPS) is 12.3. The van der Waals surface area contributed by atoms with E-state index in [9.17, 15) is 13.2 Å². The van der Waals surface area contributed by atoms with Gasteiger partial charge in [0, 0.05) is 16.1 Å². The molecule has 0 bridgehead atoms. The number of hydrogen-bond donors (Lipinski definition) is 2. The maximum Gasteiger partial charge on any atom is 0.251 e. The molecule has 0 atom stereocenters. The molecule has 0 aliphatic heterocycles. The molecule has 5 nitrogen and oxygen atoms in total. The van der Waals surface area contributed by atoms with Crippen LogP contribution in [0.1, 0.15) is 43.1 Å². The number of halogens is 1. The molecule has 0 saturated carbocycles. The van der Waals surface area contributed by atoms with Crippen molar-refractivity contribution >= 4 is 27.5 Å². The zero-order chi connectivity index (χ0) is 15.7. The second kappa shape index (κ2) is 5.71. The summed E-state index contributed by atoms with van der Waals surface area (Å²) in [5.41, 5.74) is 0.113. The number of primary sulfonamides is 1. The molecule has 112 valence electrons. The lowest BCUT2D eigenvalue weighted by molar-refractivity contribution is 0.0911. The number of nitrogens with two attached hydrogens (primary N) is 1. The number of nitrogens with one attached hydrogen (secondary N) is 1. The number of hydrogen-bond acceptors (Lipinski definition) is 3. The quantitative estimate of drug-likeness (QED) is 0.892. The Morgan fingerprint density at radius 3 is 2.40 bits per heavy atom. The molecule has 1 aromatic carbocycles. The van der Waals surface area contributed by atoms with E-state index in [0.29, 0.717) is 5.56 Å². The molecule has 0 aliphatic rings. The van der Waals surface area contributed by atoms with Crippen molar-refractivity contribution in [2.75, 3.05) is 0 Å². The highest BCUT2D eigenvalue weighted by molar-refractivity contribution is 7.89. The van der Waals surface area contributed by atoms with Crippen LogP contribution in [0.25, 0.3) is 0 Å². The van der Waals surface area contributed by atoms with Crippen LogP contribution in [0.5, 0.6) is 0 Å². The largest absolute Gasteiger partial charge is 0.347 e. The highest BCUT2D eigenvalue weighted by Gasteiger charge is 2.22. The van der Waals surface area contributed by atoms with Crippen LogP contribution in [0, 0.1) is 6.92 Å². The standard InChI is InChI=1S/C13H19ClN2O3S/c1-5-13(3,4)16-12(17)9-6-10(14)8(2)11(7-9)20(15,18)19/h6-7H,5H2,1-4H3,(H,16,17)(H2,15,18,19). The van der Waals surface area contributed by atoms with Crippen LogP contribution in [0.4, 0.5) is 0 Å². The Hall–Kier alpha value is -1.11. The van der Waals surface area contributed by atoms with Crippen LogP contribution in [0.2, 0.25) is 5.02 Å². The third kappa shape index (κ3) is 3.94. The fraction of sp³-hybridized carbons (Fsp3) is 0.462. The smallest absolute Gasteiger partial charge is 0.251 e. The molecular weight excluding hydrogens is 300 g/mol. The van der Waals surface area contributed by atoms with E-state index in [1.54, 1.807) is 6.92 Å². The third-order valence-corrected chi connectivity index (χ3v) is 4.63. The Bertz CT molecular complexity index is 639. The van der Waals surface area contributed by atoms with Crippen molar-refractivity contribution in [3.8, 4) is 0 Å². The average Bonchev–Trinajstić information content (AvgIpc) is 2.30. The van der Waals surface area contributed by atoms with Crippen molar-refractivity contribution < 1.29 is 13.2 Å². The van der Waals surface area contributed by atoms with Crippen LogP contribution >= 0.6 is 11.6 Å². The van der Waals surface area contributed by atoms with Gasteiger partial charge < -0.3 is 5.32 Å². The highest BCUT2D eigenvalue weighted by atomic mass is 35.5. The number of amides is 1. The first-order valence-corrected chi connectivity index (χ1v) is 8.06. The summed E-state index contributed by atoms with van der Waals surface area (Å²) < 4.78 is 23.0. The van der Waals surface area contributed by atoms with Crippen molar-refractivity contribution in [2.24, 2.45) is 5.14 Å². The summed E-state index contributed by atoms with van der Waals surface area (Å²) in [6.07, 6.45) is 0.736. The summed E-state index contributed by atoms with van der Waals surface area (Å²) in [7, 11) is -3.93. The Morgan fingerprint density at radius 2 is 1.95 bits per heavy atom. The maximum absolute atomic E-state index is 12.2. The molecule has 0 fully saturated rings. The summed E-state index contributed by atoms with van der Waals surface area (Å²) in [4.78, 5) is 12.0. The molecule has 0 heterocycles. The Morgan fingerprint density at radius 1 is 1.40 bits per heavy atom. The Kier molecular flexibility index (Phi) is 4.84. The minimum atomic E-state index is -3.93. The van der Waals surface area contributed by atoms with E-state index in [4.69, 9.17) is 16.7 Å². The first-order chi connectivity index (χ1) is 8.98. The molecule has 1 rings (SSSR count).